The van der Waals surface area contributed by atoms with Crippen molar-refractivity contribution in [3.05, 3.63) is 46.7 Å². The van der Waals surface area contributed by atoms with Crippen molar-refractivity contribution in [3.63, 3.8) is 0 Å². The third-order valence-electron chi connectivity index (χ3n) is 2.72. The molecule has 0 amide bonds. The van der Waals surface area contributed by atoms with E-state index in [0.717, 1.165) is 11.5 Å². The predicted octanol–water partition coefficient (Wildman–Crippen LogP) is 2.74. The molecule has 0 spiro atoms. The lowest BCUT2D eigenvalue weighted by molar-refractivity contribution is 0.0114. The van der Waals surface area contributed by atoms with Gasteiger partial charge in [-0.3, -0.25) is 0 Å². The topological polar surface area (TPSA) is 44.8 Å². The lowest BCUT2D eigenvalue weighted by Crippen LogP contribution is -2.33. The van der Waals surface area contributed by atoms with Gasteiger partial charge in [0.1, 0.15) is 13.2 Å². The molecule has 4 nitrogen and oxygen atoms in total. The minimum atomic E-state index is -0.347. The van der Waals surface area contributed by atoms with E-state index in [9.17, 15) is 4.79 Å². The molecule has 0 fully saturated rings. The summed E-state index contributed by atoms with van der Waals surface area (Å²) in [5.41, 5.74) is 0.537. The standard InChI is InChI=1S/C14H12O4S/c15-14(10-4-2-1-3-5-10)17-7-11-6-16-12-8-19-9-13(12)18-11/h1-5,8-9,11H,6-7H2. The zero-order valence-electron chi connectivity index (χ0n) is 10.1. The van der Waals surface area contributed by atoms with Gasteiger partial charge in [0.15, 0.2) is 17.6 Å². The van der Waals surface area contributed by atoms with Crippen molar-refractivity contribution in [3.8, 4) is 11.5 Å². The van der Waals surface area contributed by atoms with Crippen molar-refractivity contribution < 1.29 is 19.0 Å². The van der Waals surface area contributed by atoms with Gasteiger partial charge in [0.05, 0.1) is 5.56 Å². The van der Waals surface area contributed by atoms with E-state index in [0.29, 0.717) is 12.2 Å². The van der Waals surface area contributed by atoms with Crippen LogP contribution in [0.1, 0.15) is 10.4 Å². The van der Waals surface area contributed by atoms with Gasteiger partial charge in [0, 0.05) is 10.8 Å². The number of thiophene rings is 1. The number of hydrogen-bond donors (Lipinski definition) is 0. The van der Waals surface area contributed by atoms with Crippen LogP contribution in [0.2, 0.25) is 0 Å². The van der Waals surface area contributed by atoms with Crippen molar-refractivity contribution in [2.75, 3.05) is 13.2 Å². The summed E-state index contributed by atoms with van der Waals surface area (Å²) in [6.45, 7) is 0.578. The molecule has 2 heterocycles. The number of rotatable bonds is 3. The molecule has 2 aromatic rings. The zero-order chi connectivity index (χ0) is 13.1. The van der Waals surface area contributed by atoms with E-state index in [-0.39, 0.29) is 18.7 Å². The fourth-order valence-corrected chi connectivity index (χ4v) is 2.44. The van der Waals surface area contributed by atoms with Gasteiger partial charge in [-0.05, 0) is 12.1 Å². The normalized spacial score (nSPS) is 16.9. The number of ether oxygens (including phenoxy) is 3. The SMILES string of the molecule is O=C(OCC1COc2cscc2O1)c1ccccc1. The third-order valence-corrected chi connectivity index (χ3v) is 3.42. The van der Waals surface area contributed by atoms with Gasteiger partial charge in [-0.1, -0.05) is 18.2 Å². The van der Waals surface area contributed by atoms with Crippen LogP contribution in [-0.2, 0) is 4.74 Å². The number of carbonyl (C=O) groups is 1. The van der Waals surface area contributed by atoms with Crippen molar-refractivity contribution in [2.45, 2.75) is 6.10 Å². The number of carbonyl (C=O) groups excluding carboxylic acids is 1. The fourth-order valence-electron chi connectivity index (χ4n) is 1.77. The summed E-state index contributed by atoms with van der Waals surface area (Å²) >= 11 is 1.52. The van der Waals surface area contributed by atoms with Crippen molar-refractivity contribution >= 4 is 17.3 Å². The van der Waals surface area contributed by atoms with Crippen LogP contribution in [0.3, 0.4) is 0 Å². The van der Waals surface area contributed by atoms with Crippen LogP contribution in [0.15, 0.2) is 41.1 Å². The molecule has 5 heteroatoms. The second kappa shape index (κ2) is 5.32. The maximum absolute atomic E-state index is 11.8. The molecule has 1 atom stereocenters. The van der Waals surface area contributed by atoms with Crippen molar-refractivity contribution in [1.82, 2.24) is 0 Å². The maximum atomic E-state index is 11.8. The molecule has 1 aromatic heterocycles. The summed E-state index contributed by atoms with van der Waals surface area (Å²) in [6, 6.07) is 8.89. The first-order valence-electron chi connectivity index (χ1n) is 5.91. The van der Waals surface area contributed by atoms with Gasteiger partial charge in [0.25, 0.3) is 0 Å². The first-order valence-corrected chi connectivity index (χ1v) is 6.85. The molecule has 1 aliphatic heterocycles. The lowest BCUT2D eigenvalue weighted by atomic mass is 10.2. The van der Waals surface area contributed by atoms with Crippen LogP contribution >= 0.6 is 11.3 Å². The second-order valence-corrected chi connectivity index (χ2v) is 4.86. The van der Waals surface area contributed by atoms with Crippen LogP contribution in [0.4, 0.5) is 0 Å². The smallest absolute Gasteiger partial charge is 0.338 e. The average molecular weight is 276 g/mol. The summed E-state index contributed by atoms with van der Waals surface area (Å²) in [4.78, 5) is 11.8. The molecule has 19 heavy (non-hydrogen) atoms. The number of fused-ring (bicyclic) bond motifs is 1. The van der Waals surface area contributed by atoms with Gasteiger partial charge < -0.3 is 14.2 Å². The maximum Gasteiger partial charge on any atom is 0.338 e. The predicted molar refractivity (Wildman–Crippen MR) is 71.0 cm³/mol. The van der Waals surface area contributed by atoms with Crippen LogP contribution in [0.25, 0.3) is 0 Å². The Balaban J connectivity index is 1.55. The quantitative estimate of drug-likeness (QED) is 0.809. The fraction of sp³-hybridized carbons (Fsp3) is 0.214. The minimum absolute atomic E-state index is 0.184. The molecular formula is C14H12O4S. The Morgan fingerprint density at radius 2 is 2.05 bits per heavy atom. The summed E-state index contributed by atoms with van der Waals surface area (Å²) in [5.74, 6) is 1.13. The van der Waals surface area contributed by atoms with E-state index in [2.05, 4.69) is 0 Å². The van der Waals surface area contributed by atoms with E-state index in [1.54, 1.807) is 24.3 Å². The average Bonchev–Trinajstić information content (AvgIpc) is 2.93. The monoisotopic (exact) mass is 276 g/mol. The van der Waals surface area contributed by atoms with Crippen LogP contribution in [0.5, 0.6) is 11.5 Å². The second-order valence-electron chi connectivity index (χ2n) is 4.12. The molecule has 0 radical (unpaired) electrons. The van der Waals surface area contributed by atoms with Crippen molar-refractivity contribution in [1.29, 1.82) is 0 Å². The lowest BCUT2D eigenvalue weighted by Gasteiger charge is -2.24. The minimum Gasteiger partial charge on any atom is -0.485 e. The first-order chi connectivity index (χ1) is 9.33. The number of hydrogen-bond acceptors (Lipinski definition) is 5. The highest BCUT2D eigenvalue weighted by molar-refractivity contribution is 7.08. The molecule has 0 bridgehead atoms. The Bertz CT molecular complexity index is 564. The van der Waals surface area contributed by atoms with Crippen LogP contribution in [0, 0.1) is 0 Å². The van der Waals surface area contributed by atoms with E-state index in [1.807, 2.05) is 16.8 Å². The highest BCUT2D eigenvalue weighted by Gasteiger charge is 2.23. The van der Waals surface area contributed by atoms with Gasteiger partial charge in [-0.15, -0.1) is 11.3 Å². The Labute approximate surface area is 114 Å². The van der Waals surface area contributed by atoms with Gasteiger partial charge in [-0.25, -0.2) is 4.79 Å². The van der Waals surface area contributed by atoms with E-state index < -0.39 is 0 Å². The van der Waals surface area contributed by atoms with Gasteiger partial charge in [0.2, 0.25) is 0 Å². The molecule has 0 saturated heterocycles. The van der Waals surface area contributed by atoms with E-state index in [1.165, 1.54) is 11.3 Å². The molecule has 0 saturated carbocycles. The molecule has 3 rings (SSSR count). The summed E-state index contributed by atoms with van der Waals surface area (Å²) < 4.78 is 16.4. The molecule has 98 valence electrons. The molecule has 1 aliphatic rings. The van der Waals surface area contributed by atoms with E-state index >= 15 is 0 Å². The highest BCUT2D eigenvalue weighted by atomic mass is 32.1. The molecule has 1 aromatic carbocycles. The summed E-state index contributed by atoms with van der Waals surface area (Å²) in [5, 5.41) is 3.77. The van der Waals surface area contributed by atoms with Crippen LogP contribution in [-0.4, -0.2) is 25.3 Å². The zero-order valence-corrected chi connectivity index (χ0v) is 10.9. The third kappa shape index (κ3) is 2.71. The molecule has 0 N–H and O–H groups in total. The Morgan fingerprint density at radius 3 is 2.89 bits per heavy atom. The first kappa shape index (κ1) is 12.0. The number of benzene rings is 1. The van der Waals surface area contributed by atoms with Crippen molar-refractivity contribution in [2.24, 2.45) is 0 Å². The van der Waals surface area contributed by atoms with Crippen LogP contribution < -0.4 is 9.47 Å². The van der Waals surface area contributed by atoms with Gasteiger partial charge >= 0.3 is 5.97 Å². The van der Waals surface area contributed by atoms with E-state index in [4.69, 9.17) is 14.2 Å². The summed E-state index contributed by atoms with van der Waals surface area (Å²) in [6.07, 6.45) is -0.255. The molecule has 0 aliphatic carbocycles. The highest BCUT2D eigenvalue weighted by Crippen LogP contribution is 2.35. The Morgan fingerprint density at radius 1 is 1.26 bits per heavy atom. The van der Waals surface area contributed by atoms with Gasteiger partial charge in [-0.2, -0.15) is 0 Å². The molecule has 1 unspecified atom stereocenters. The molecular weight excluding hydrogens is 264 g/mol. The Kier molecular flexibility index (Phi) is 3.37. The largest absolute Gasteiger partial charge is 0.485 e. The Hall–Kier alpha value is -2.01. The summed E-state index contributed by atoms with van der Waals surface area (Å²) in [7, 11) is 0. The number of esters is 1.